The average molecular weight is 275 g/mol. The van der Waals surface area contributed by atoms with Crippen molar-refractivity contribution in [3.63, 3.8) is 0 Å². The van der Waals surface area contributed by atoms with E-state index in [2.05, 4.69) is 4.98 Å². The lowest BCUT2D eigenvalue weighted by atomic mass is 10.0. The Morgan fingerprint density at radius 1 is 1.47 bits per heavy atom. The van der Waals surface area contributed by atoms with E-state index in [1.54, 1.807) is 6.20 Å². The van der Waals surface area contributed by atoms with Gasteiger partial charge in [-0.05, 0) is 12.1 Å². The average Bonchev–Trinajstić information content (AvgIpc) is 2.93. The molecule has 0 amide bonds. The number of Topliss-reactive ketones (excluding diaryl/α,β-unsaturated/α-hetero) is 1. The van der Waals surface area contributed by atoms with Crippen molar-refractivity contribution in [2.75, 3.05) is 5.73 Å². The molecule has 3 aromatic rings. The Hall–Kier alpha value is -2.21. The summed E-state index contributed by atoms with van der Waals surface area (Å²) in [5.74, 6) is -0.806. The van der Waals surface area contributed by atoms with Crippen molar-refractivity contribution in [1.82, 2.24) is 9.38 Å². The minimum absolute atomic E-state index is 0.103. The molecule has 19 heavy (non-hydrogen) atoms. The number of anilines is 1. The molecule has 0 aliphatic carbocycles. The smallest absolute Gasteiger partial charge is 0.193 e. The molecule has 0 bridgehead atoms. The second-order valence-electron chi connectivity index (χ2n) is 4.13. The molecule has 2 aromatic heterocycles. The van der Waals surface area contributed by atoms with Crippen LogP contribution >= 0.6 is 11.3 Å². The van der Waals surface area contributed by atoms with Gasteiger partial charge in [-0.3, -0.25) is 9.20 Å². The molecule has 0 unspecified atom stereocenters. The largest absolute Gasteiger partial charge is 0.396 e. The van der Waals surface area contributed by atoms with E-state index in [1.165, 1.54) is 29.5 Å². The first kappa shape index (κ1) is 11.9. The highest BCUT2D eigenvalue weighted by Crippen LogP contribution is 2.19. The Morgan fingerprint density at radius 2 is 2.32 bits per heavy atom. The van der Waals surface area contributed by atoms with E-state index in [0.29, 0.717) is 5.69 Å². The normalized spacial score (nSPS) is 11.0. The van der Waals surface area contributed by atoms with Gasteiger partial charge in [-0.2, -0.15) is 0 Å². The van der Waals surface area contributed by atoms with Crippen molar-refractivity contribution < 1.29 is 9.18 Å². The molecule has 0 saturated carbocycles. The monoisotopic (exact) mass is 275 g/mol. The third-order valence-corrected chi connectivity index (χ3v) is 3.61. The summed E-state index contributed by atoms with van der Waals surface area (Å²) in [4.78, 5) is 17.2. The van der Waals surface area contributed by atoms with Gasteiger partial charge in [-0.15, -0.1) is 11.3 Å². The molecule has 0 spiro atoms. The molecule has 0 radical (unpaired) electrons. The molecule has 0 fully saturated rings. The SMILES string of the molecule is Nc1c(F)cccc1C(=O)Cc1cn2ccsc2n1. The van der Waals surface area contributed by atoms with Crippen LogP contribution in [0.4, 0.5) is 10.1 Å². The zero-order chi connectivity index (χ0) is 13.4. The summed E-state index contributed by atoms with van der Waals surface area (Å²) < 4.78 is 15.2. The van der Waals surface area contributed by atoms with Crippen LogP contribution in [0.5, 0.6) is 0 Å². The van der Waals surface area contributed by atoms with Crippen molar-refractivity contribution in [1.29, 1.82) is 0 Å². The van der Waals surface area contributed by atoms with Crippen LogP contribution in [0.15, 0.2) is 36.0 Å². The summed E-state index contributed by atoms with van der Waals surface area (Å²) >= 11 is 1.49. The molecular weight excluding hydrogens is 265 g/mol. The zero-order valence-corrected chi connectivity index (χ0v) is 10.7. The molecule has 96 valence electrons. The quantitative estimate of drug-likeness (QED) is 0.590. The zero-order valence-electron chi connectivity index (χ0n) is 9.84. The van der Waals surface area contributed by atoms with Crippen LogP contribution in [0.3, 0.4) is 0 Å². The number of thiazole rings is 1. The fourth-order valence-electron chi connectivity index (χ4n) is 1.90. The molecule has 6 heteroatoms. The predicted octanol–water partition coefficient (Wildman–Crippen LogP) is 2.54. The Kier molecular flexibility index (Phi) is 2.79. The summed E-state index contributed by atoms with van der Waals surface area (Å²) in [5.41, 5.74) is 6.33. The number of nitrogen functional groups attached to an aromatic ring is 1. The Labute approximate surface area is 112 Å². The van der Waals surface area contributed by atoms with E-state index in [0.717, 1.165) is 4.96 Å². The third-order valence-electron chi connectivity index (χ3n) is 2.84. The lowest BCUT2D eigenvalue weighted by Gasteiger charge is -2.04. The molecule has 0 aliphatic heterocycles. The van der Waals surface area contributed by atoms with Gasteiger partial charge in [-0.25, -0.2) is 9.37 Å². The van der Waals surface area contributed by atoms with Crippen LogP contribution in [0, 0.1) is 5.82 Å². The second kappa shape index (κ2) is 4.47. The first-order chi connectivity index (χ1) is 9.15. The van der Waals surface area contributed by atoms with E-state index in [-0.39, 0.29) is 23.5 Å². The minimum Gasteiger partial charge on any atom is -0.396 e. The second-order valence-corrected chi connectivity index (χ2v) is 5.00. The van der Waals surface area contributed by atoms with E-state index in [4.69, 9.17) is 5.73 Å². The number of carbonyl (C=O) groups is 1. The van der Waals surface area contributed by atoms with Gasteiger partial charge in [0.05, 0.1) is 17.8 Å². The highest BCUT2D eigenvalue weighted by atomic mass is 32.1. The van der Waals surface area contributed by atoms with Crippen LogP contribution in [0.1, 0.15) is 16.1 Å². The van der Waals surface area contributed by atoms with Gasteiger partial charge in [0.1, 0.15) is 5.82 Å². The highest BCUT2D eigenvalue weighted by molar-refractivity contribution is 7.15. The molecule has 2 heterocycles. The molecule has 0 atom stereocenters. The van der Waals surface area contributed by atoms with Crippen LogP contribution in [0.25, 0.3) is 4.96 Å². The van der Waals surface area contributed by atoms with Gasteiger partial charge < -0.3 is 5.73 Å². The number of nitrogens with zero attached hydrogens (tertiary/aromatic N) is 2. The number of para-hydroxylation sites is 1. The number of hydrogen-bond acceptors (Lipinski definition) is 4. The summed E-state index contributed by atoms with van der Waals surface area (Å²) in [5, 5.41) is 1.92. The molecule has 4 nitrogen and oxygen atoms in total. The van der Waals surface area contributed by atoms with Crippen LogP contribution < -0.4 is 5.73 Å². The molecule has 0 aliphatic rings. The van der Waals surface area contributed by atoms with Gasteiger partial charge in [-0.1, -0.05) is 6.07 Å². The lowest BCUT2D eigenvalue weighted by Crippen LogP contribution is -2.08. The van der Waals surface area contributed by atoms with Gasteiger partial charge in [0, 0.05) is 23.3 Å². The fraction of sp³-hybridized carbons (Fsp3) is 0.0769. The van der Waals surface area contributed by atoms with Gasteiger partial charge in [0.25, 0.3) is 0 Å². The maximum Gasteiger partial charge on any atom is 0.193 e. The molecule has 2 N–H and O–H groups in total. The number of benzene rings is 1. The van der Waals surface area contributed by atoms with Crippen molar-refractivity contribution >= 4 is 27.8 Å². The maximum atomic E-state index is 13.3. The van der Waals surface area contributed by atoms with Crippen molar-refractivity contribution in [3.8, 4) is 0 Å². The van der Waals surface area contributed by atoms with Crippen LogP contribution in [0.2, 0.25) is 0 Å². The number of halogens is 1. The van der Waals surface area contributed by atoms with Gasteiger partial charge in [0.15, 0.2) is 10.7 Å². The van der Waals surface area contributed by atoms with Gasteiger partial charge >= 0.3 is 0 Å². The lowest BCUT2D eigenvalue weighted by molar-refractivity contribution is 0.0992. The number of imidazole rings is 1. The molecule has 3 rings (SSSR count). The van der Waals surface area contributed by atoms with E-state index in [1.807, 2.05) is 16.0 Å². The third kappa shape index (κ3) is 2.10. The van der Waals surface area contributed by atoms with Crippen molar-refractivity contribution in [3.05, 3.63) is 53.0 Å². The number of fused-ring (bicyclic) bond motifs is 1. The minimum atomic E-state index is -0.573. The summed E-state index contributed by atoms with van der Waals surface area (Å²) in [6.45, 7) is 0. The molecule has 0 saturated heterocycles. The molecular formula is C13H10FN3OS. The van der Waals surface area contributed by atoms with E-state index < -0.39 is 5.82 Å². The van der Waals surface area contributed by atoms with E-state index >= 15 is 0 Å². The number of hydrogen-bond donors (Lipinski definition) is 1. The maximum absolute atomic E-state index is 13.3. The summed E-state index contributed by atoms with van der Waals surface area (Å²) in [6.07, 6.45) is 3.78. The number of aromatic nitrogens is 2. The number of rotatable bonds is 3. The molecule has 1 aromatic carbocycles. The Balaban J connectivity index is 1.88. The summed E-state index contributed by atoms with van der Waals surface area (Å²) in [7, 11) is 0. The highest BCUT2D eigenvalue weighted by Gasteiger charge is 2.15. The first-order valence-corrected chi connectivity index (χ1v) is 6.51. The topological polar surface area (TPSA) is 60.4 Å². The fourth-order valence-corrected chi connectivity index (χ4v) is 2.62. The van der Waals surface area contributed by atoms with Crippen LogP contribution in [-0.4, -0.2) is 15.2 Å². The predicted molar refractivity (Wildman–Crippen MR) is 71.9 cm³/mol. The Bertz CT molecular complexity index is 734. The van der Waals surface area contributed by atoms with Gasteiger partial charge in [0.2, 0.25) is 0 Å². The van der Waals surface area contributed by atoms with Crippen LogP contribution in [-0.2, 0) is 6.42 Å². The standard InChI is InChI=1S/C13H10FN3OS/c14-10-3-1-2-9(12(10)15)11(18)6-8-7-17-4-5-19-13(17)16-8/h1-5,7H,6,15H2. The van der Waals surface area contributed by atoms with Crippen molar-refractivity contribution in [2.24, 2.45) is 0 Å². The number of nitrogens with two attached hydrogens (primary N) is 1. The Morgan fingerprint density at radius 3 is 3.11 bits per heavy atom. The van der Waals surface area contributed by atoms with Crippen molar-refractivity contribution in [2.45, 2.75) is 6.42 Å². The first-order valence-electron chi connectivity index (χ1n) is 5.63. The number of carbonyl (C=O) groups excluding carboxylic acids is 1. The van der Waals surface area contributed by atoms with E-state index in [9.17, 15) is 9.18 Å². The summed E-state index contributed by atoms with van der Waals surface area (Å²) in [6, 6.07) is 4.24. The number of ketones is 1.